The Labute approximate surface area is 231 Å². The van der Waals surface area contributed by atoms with Gasteiger partial charge in [0.2, 0.25) is 0 Å². The van der Waals surface area contributed by atoms with E-state index in [9.17, 15) is 0 Å². The summed E-state index contributed by atoms with van der Waals surface area (Å²) in [4.78, 5) is 9.11. The van der Waals surface area contributed by atoms with Gasteiger partial charge in [-0.2, -0.15) is 0 Å². The summed E-state index contributed by atoms with van der Waals surface area (Å²) in [6, 6.07) is 32.4. The molecule has 4 heteroatoms. The first-order valence-corrected chi connectivity index (χ1v) is 14.4. The van der Waals surface area contributed by atoms with Crippen molar-refractivity contribution in [3.8, 4) is 22.3 Å². The number of benzene rings is 3. The van der Waals surface area contributed by atoms with Gasteiger partial charge in [-0.15, -0.1) is 18.5 Å². The van der Waals surface area contributed by atoms with E-state index < -0.39 is 5.16 Å². The van der Waals surface area contributed by atoms with Crippen LogP contribution in [0.5, 0.6) is 0 Å². The van der Waals surface area contributed by atoms with Crippen molar-refractivity contribution in [3.05, 3.63) is 144 Å². The minimum Gasteiger partial charge on any atom is -0.264 e. The molecule has 3 aromatic carbocycles. The molecular weight excluding hydrogens is 498 g/mol. The molecule has 5 aromatic rings. The van der Waals surface area contributed by atoms with Gasteiger partial charge in [-0.3, -0.25) is 9.97 Å². The summed E-state index contributed by atoms with van der Waals surface area (Å²) in [6.45, 7) is 6.99. The fourth-order valence-corrected chi connectivity index (χ4v) is 6.49. The van der Waals surface area contributed by atoms with Crippen LogP contribution >= 0.6 is 18.5 Å². The third-order valence-corrected chi connectivity index (χ3v) is 8.55. The topological polar surface area (TPSA) is 25.8 Å². The Hall–Kier alpha value is -3.18. The van der Waals surface area contributed by atoms with Crippen molar-refractivity contribution < 1.29 is 0 Å². The number of hydrogen-bond donors (Lipinski definition) is 0. The van der Waals surface area contributed by atoms with Gasteiger partial charge in [0.1, 0.15) is 0 Å². The van der Waals surface area contributed by atoms with Gasteiger partial charge in [-0.25, -0.2) is 0 Å². The smallest absolute Gasteiger partial charge is 0.0627 e. The lowest BCUT2D eigenvalue weighted by Crippen LogP contribution is -2.30. The van der Waals surface area contributed by atoms with Crippen LogP contribution in [0.15, 0.2) is 116 Å². The summed E-state index contributed by atoms with van der Waals surface area (Å²) in [7, 11) is 6.22. The van der Waals surface area contributed by atoms with Crippen molar-refractivity contribution in [2.45, 2.75) is 37.5 Å². The summed E-state index contributed by atoms with van der Waals surface area (Å²) < 4.78 is 0. The van der Waals surface area contributed by atoms with Crippen molar-refractivity contribution in [1.82, 2.24) is 9.97 Å². The Balaban J connectivity index is 2.01. The minimum atomic E-state index is -0.546. The van der Waals surface area contributed by atoms with E-state index in [4.69, 9.17) is 0 Å². The third-order valence-electron chi connectivity index (χ3n) is 7.15. The summed E-state index contributed by atoms with van der Waals surface area (Å²) in [5.41, 5.74) is 11.0. The highest BCUT2D eigenvalue weighted by Crippen LogP contribution is 2.54. The summed E-state index contributed by atoms with van der Waals surface area (Å²) in [6.07, 6.45) is 8.49. The molecule has 0 bridgehead atoms. The highest BCUT2D eigenvalue weighted by atomic mass is 31.0. The molecule has 0 saturated heterocycles. The van der Waals surface area contributed by atoms with Gasteiger partial charge in [-0.1, -0.05) is 93.6 Å². The molecule has 0 aliphatic heterocycles. The number of rotatable bonds is 6. The van der Waals surface area contributed by atoms with Gasteiger partial charge in [0, 0.05) is 24.8 Å². The lowest BCUT2D eigenvalue weighted by molar-refractivity contribution is 0.578. The van der Waals surface area contributed by atoms with E-state index in [2.05, 4.69) is 128 Å². The van der Waals surface area contributed by atoms with Crippen LogP contribution in [0.4, 0.5) is 0 Å². The van der Waals surface area contributed by atoms with E-state index in [1.165, 1.54) is 38.9 Å². The van der Waals surface area contributed by atoms with Crippen LogP contribution in [0, 0.1) is 0 Å². The fourth-order valence-electron chi connectivity index (χ4n) is 5.50. The predicted molar refractivity (Wildman–Crippen MR) is 167 cm³/mol. The lowest BCUT2D eigenvalue weighted by Gasteiger charge is -2.40. The second-order valence-corrected chi connectivity index (χ2v) is 12.0. The molecular formula is C34H34N2P2. The maximum absolute atomic E-state index is 4.56. The molecule has 2 atom stereocenters. The van der Waals surface area contributed by atoms with Crippen LogP contribution in [0.25, 0.3) is 22.3 Å². The standard InChI is InChI=1S/C34H34N2P2/c1-33(2,3)32-30(25-14-8-5-9-15-25)29(24-12-6-4-7-13-24)20-26(23-37)31(32)34(38,27-16-10-18-35-21-27)28-17-11-19-36-22-28/h4-22H,23,37-38H2,1-3H3. The zero-order valence-corrected chi connectivity index (χ0v) is 24.5. The van der Waals surface area contributed by atoms with Gasteiger partial charge in [0.05, 0.1) is 5.16 Å². The summed E-state index contributed by atoms with van der Waals surface area (Å²) >= 11 is 0. The van der Waals surface area contributed by atoms with E-state index in [-0.39, 0.29) is 5.41 Å². The molecule has 0 aliphatic rings. The van der Waals surface area contributed by atoms with E-state index >= 15 is 0 Å². The van der Waals surface area contributed by atoms with E-state index in [0.29, 0.717) is 0 Å². The first kappa shape index (κ1) is 26.4. The van der Waals surface area contributed by atoms with Crippen molar-refractivity contribution in [2.75, 3.05) is 0 Å². The van der Waals surface area contributed by atoms with Crippen LogP contribution in [0.2, 0.25) is 0 Å². The molecule has 0 saturated carbocycles. The first-order valence-electron chi connectivity index (χ1n) is 13.0. The lowest BCUT2D eigenvalue weighted by atomic mass is 9.69. The summed E-state index contributed by atoms with van der Waals surface area (Å²) in [5.74, 6) is 0. The van der Waals surface area contributed by atoms with Crippen LogP contribution in [0.1, 0.15) is 48.6 Å². The zero-order valence-electron chi connectivity index (χ0n) is 22.2. The maximum atomic E-state index is 4.56. The molecule has 0 N–H and O–H groups in total. The molecule has 0 aliphatic carbocycles. The second-order valence-electron chi connectivity index (χ2n) is 10.7. The minimum absolute atomic E-state index is 0.161. The molecule has 190 valence electrons. The average molecular weight is 533 g/mol. The Morgan fingerprint density at radius 1 is 0.658 bits per heavy atom. The molecule has 2 heterocycles. The van der Waals surface area contributed by atoms with Crippen molar-refractivity contribution in [1.29, 1.82) is 0 Å². The maximum Gasteiger partial charge on any atom is 0.0627 e. The third kappa shape index (κ3) is 4.84. The highest BCUT2D eigenvalue weighted by Gasteiger charge is 2.40. The Bertz CT molecular complexity index is 1470. The van der Waals surface area contributed by atoms with Crippen molar-refractivity contribution >= 4 is 18.5 Å². The van der Waals surface area contributed by atoms with Gasteiger partial charge in [0.25, 0.3) is 0 Å². The van der Waals surface area contributed by atoms with Crippen LogP contribution in [0.3, 0.4) is 0 Å². The molecule has 0 spiro atoms. The Kier molecular flexibility index (Phi) is 7.58. The molecule has 0 fully saturated rings. The fraction of sp³-hybridized carbons (Fsp3) is 0.176. The first-order chi connectivity index (χ1) is 18.4. The molecule has 38 heavy (non-hydrogen) atoms. The van der Waals surface area contributed by atoms with Gasteiger partial charge < -0.3 is 0 Å². The van der Waals surface area contributed by atoms with Crippen LogP contribution in [-0.2, 0) is 16.7 Å². The van der Waals surface area contributed by atoms with Crippen molar-refractivity contribution in [3.63, 3.8) is 0 Å². The van der Waals surface area contributed by atoms with Crippen LogP contribution < -0.4 is 0 Å². The molecule has 0 radical (unpaired) electrons. The summed E-state index contributed by atoms with van der Waals surface area (Å²) in [5, 5.41) is -0.546. The molecule has 2 nitrogen and oxygen atoms in total. The average Bonchev–Trinajstić information content (AvgIpc) is 2.97. The monoisotopic (exact) mass is 532 g/mol. The number of pyridine rings is 2. The van der Waals surface area contributed by atoms with E-state index in [0.717, 1.165) is 17.3 Å². The molecule has 2 unspecified atom stereocenters. The van der Waals surface area contributed by atoms with Gasteiger partial charge in [-0.05, 0) is 79.8 Å². The van der Waals surface area contributed by atoms with E-state index in [1.54, 1.807) is 0 Å². The largest absolute Gasteiger partial charge is 0.264 e. The molecule has 2 aromatic heterocycles. The van der Waals surface area contributed by atoms with Gasteiger partial charge >= 0.3 is 0 Å². The number of aromatic nitrogens is 2. The van der Waals surface area contributed by atoms with Crippen LogP contribution in [-0.4, -0.2) is 9.97 Å². The number of hydrogen-bond acceptors (Lipinski definition) is 2. The molecule has 5 rings (SSSR count). The zero-order chi connectivity index (χ0) is 26.8. The second kappa shape index (κ2) is 10.9. The Morgan fingerprint density at radius 3 is 1.63 bits per heavy atom. The predicted octanol–water partition coefficient (Wildman–Crippen LogP) is 8.65. The number of nitrogens with zero attached hydrogens (tertiary/aromatic N) is 2. The molecule has 0 amide bonds. The quantitative estimate of drug-likeness (QED) is 0.205. The highest BCUT2D eigenvalue weighted by molar-refractivity contribution is 7.19. The Morgan fingerprint density at radius 2 is 1.18 bits per heavy atom. The normalized spacial score (nSPS) is 11.9. The van der Waals surface area contributed by atoms with Crippen molar-refractivity contribution in [2.24, 2.45) is 0 Å². The SMILES string of the molecule is CC(C)(C)c1c(-c2ccccc2)c(-c2ccccc2)cc(CP)c1C(P)(c1cccnc1)c1cccnc1. The van der Waals surface area contributed by atoms with E-state index in [1.807, 2.05) is 36.9 Å². The van der Waals surface area contributed by atoms with Gasteiger partial charge in [0.15, 0.2) is 0 Å².